The Morgan fingerprint density at radius 3 is 2.68 bits per heavy atom. The standard InChI is InChI=1S/C14H28N2O2S/c1-2-13-7-4-3-5-9-16(13)14(11-15)8-6-10-19(17,18)12-14/h13H,2-12,15H2,1H3. The minimum absolute atomic E-state index is 0.271. The highest BCUT2D eigenvalue weighted by Crippen LogP contribution is 2.34. The maximum absolute atomic E-state index is 12.1. The van der Waals surface area contributed by atoms with E-state index in [2.05, 4.69) is 11.8 Å². The number of sulfone groups is 1. The average molecular weight is 288 g/mol. The highest BCUT2D eigenvalue weighted by Gasteiger charge is 2.44. The van der Waals surface area contributed by atoms with Crippen molar-refractivity contribution in [1.29, 1.82) is 0 Å². The third-order valence-corrected chi connectivity index (χ3v) is 6.81. The summed E-state index contributed by atoms with van der Waals surface area (Å²) in [7, 11) is -2.92. The van der Waals surface area contributed by atoms with E-state index in [1.807, 2.05) is 0 Å². The van der Waals surface area contributed by atoms with Crippen LogP contribution in [-0.4, -0.2) is 49.5 Å². The molecule has 19 heavy (non-hydrogen) atoms. The fourth-order valence-corrected chi connectivity index (χ4v) is 5.88. The summed E-state index contributed by atoms with van der Waals surface area (Å²) in [6.45, 7) is 3.71. The van der Waals surface area contributed by atoms with E-state index < -0.39 is 9.84 Å². The van der Waals surface area contributed by atoms with Crippen LogP contribution >= 0.6 is 0 Å². The van der Waals surface area contributed by atoms with Crippen molar-refractivity contribution >= 4 is 9.84 Å². The van der Waals surface area contributed by atoms with E-state index >= 15 is 0 Å². The third kappa shape index (κ3) is 3.31. The lowest BCUT2D eigenvalue weighted by atomic mass is 9.90. The number of likely N-dealkylation sites (tertiary alicyclic amines) is 1. The zero-order valence-electron chi connectivity index (χ0n) is 12.1. The van der Waals surface area contributed by atoms with E-state index in [-0.39, 0.29) is 11.3 Å². The van der Waals surface area contributed by atoms with Crippen molar-refractivity contribution < 1.29 is 8.42 Å². The van der Waals surface area contributed by atoms with Crippen LogP contribution < -0.4 is 5.73 Å². The Labute approximate surface area is 117 Å². The van der Waals surface area contributed by atoms with Crippen LogP contribution in [0, 0.1) is 0 Å². The van der Waals surface area contributed by atoms with Gasteiger partial charge in [0, 0.05) is 18.1 Å². The second kappa shape index (κ2) is 6.10. The summed E-state index contributed by atoms with van der Waals surface area (Å²) in [6, 6.07) is 0.513. The summed E-state index contributed by atoms with van der Waals surface area (Å²) in [5.41, 5.74) is 5.76. The van der Waals surface area contributed by atoms with Gasteiger partial charge in [-0.25, -0.2) is 8.42 Å². The van der Waals surface area contributed by atoms with Crippen molar-refractivity contribution in [3.63, 3.8) is 0 Å². The van der Waals surface area contributed by atoms with Crippen LogP contribution in [0.1, 0.15) is 51.9 Å². The first-order valence-electron chi connectivity index (χ1n) is 7.70. The van der Waals surface area contributed by atoms with Gasteiger partial charge in [0.25, 0.3) is 0 Å². The molecule has 0 bridgehead atoms. The van der Waals surface area contributed by atoms with Gasteiger partial charge in [0.15, 0.2) is 9.84 Å². The second-order valence-corrected chi connectivity index (χ2v) is 8.41. The molecule has 0 spiro atoms. The molecule has 0 radical (unpaired) electrons. The molecule has 2 aliphatic heterocycles. The molecule has 2 unspecified atom stereocenters. The van der Waals surface area contributed by atoms with Gasteiger partial charge >= 0.3 is 0 Å². The van der Waals surface area contributed by atoms with Crippen molar-refractivity contribution in [2.24, 2.45) is 5.73 Å². The number of hydrogen-bond acceptors (Lipinski definition) is 4. The molecule has 2 N–H and O–H groups in total. The fraction of sp³-hybridized carbons (Fsp3) is 1.00. The Kier molecular flexibility index (Phi) is 4.90. The van der Waals surface area contributed by atoms with Gasteiger partial charge in [-0.3, -0.25) is 4.90 Å². The summed E-state index contributed by atoms with van der Waals surface area (Å²) in [4.78, 5) is 2.47. The highest BCUT2D eigenvalue weighted by molar-refractivity contribution is 7.91. The topological polar surface area (TPSA) is 63.4 Å². The largest absolute Gasteiger partial charge is 0.329 e. The molecule has 0 aromatic carbocycles. The Hall–Kier alpha value is -0.130. The van der Waals surface area contributed by atoms with Gasteiger partial charge in [-0.05, 0) is 38.6 Å². The molecule has 0 saturated carbocycles. The summed E-state index contributed by atoms with van der Waals surface area (Å²) < 4.78 is 24.1. The van der Waals surface area contributed by atoms with Crippen molar-refractivity contribution in [3.8, 4) is 0 Å². The van der Waals surface area contributed by atoms with Crippen LogP contribution in [0.2, 0.25) is 0 Å². The Morgan fingerprint density at radius 2 is 2.05 bits per heavy atom. The van der Waals surface area contributed by atoms with Gasteiger partial charge in [0.1, 0.15) is 0 Å². The highest BCUT2D eigenvalue weighted by atomic mass is 32.2. The van der Waals surface area contributed by atoms with Gasteiger partial charge < -0.3 is 5.73 Å². The molecule has 5 heteroatoms. The molecule has 2 aliphatic rings. The van der Waals surface area contributed by atoms with E-state index in [1.54, 1.807) is 0 Å². The summed E-state index contributed by atoms with van der Waals surface area (Å²) in [6.07, 6.45) is 7.72. The fourth-order valence-electron chi connectivity index (χ4n) is 3.91. The van der Waals surface area contributed by atoms with Crippen molar-refractivity contribution in [2.75, 3.05) is 24.6 Å². The van der Waals surface area contributed by atoms with Gasteiger partial charge in [-0.2, -0.15) is 0 Å². The number of rotatable bonds is 3. The average Bonchev–Trinajstić information content (AvgIpc) is 2.62. The maximum Gasteiger partial charge on any atom is 0.152 e. The van der Waals surface area contributed by atoms with Gasteiger partial charge in [-0.1, -0.05) is 19.8 Å². The summed E-state index contributed by atoms with van der Waals surface area (Å²) in [5.74, 6) is 0.617. The van der Waals surface area contributed by atoms with E-state index in [0.717, 1.165) is 25.8 Å². The molecule has 2 atom stereocenters. The molecule has 0 amide bonds. The van der Waals surface area contributed by atoms with E-state index in [0.29, 0.717) is 18.3 Å². The minimum atomic E-state index is -2.92. The van der Waals surface area contributed by atoms with E-state index in [4.69, 9.17) is 5.73 Å². The lowest BCUT2D eigenvalue weighted by molar-refractivity contribution is 0.0533. The number of nitrogens with two attached hydrogens (primary N) is 1. The molecule has 2 fully saturated rings. The normalized spacial score (nSPS) is 36.8. The number of nitrogens with zero attached hydrogens (tertiary/aromatic N) is 1. The number of hydrogen-bond donors (Lipinski definition) is 1. The third-order valence-electron chi connectivity index (χ3n) is 4.92. The Balaban J connectivity index is 2.27. The molecule has 2 rings (SSSR count). The Bertz CT molecular complexity index is 396. The van der Waals surface area contributed by atoms with Crippen molar-refractivity contribution in [1.82, 2.24) is 4.90 Å². The summed E-state index contributed by atoms with van der Waals surface area (Å²) >= 11 is 0. The Morgan fingerprint density at radius 1 is 1.26 bits per heavy atom. The van der Waals surface area contributed by atoms with Gasteiger partial charge in [0.2, 0.25) is 0 Å². The monoisotopic (exact) mass is 288 g/mol. The van der Waals surface area contributed by atoms with Crippen molar-refractivity contribution in [2.45, 2.75) is 63.5 Å². The smallest absolute Gasteiger partial charge is 0.152 e. The zero-order valence-corrected chi connectivity index (χ0v) is 12.9. The lowest BCUT2D eigenvalue weighted by Gasteiger charge is -2.48. The van der Waals surface area contributed by atoms with Crippen LogP contribution in [0.15, 0.2) is 0 Å². The van der Waals surface area contributed by atoms with Crippen LogP contribution in [0.3, 0.4) is 0 Å². The quantitative estimate of drug-likeness (QED) is 0.856. The van der Waals surface area contributed by atoms with Crippen LogP contribution in [0.4, 0.5) is 0 Å². The van der Waals surface area contributed by atoms with Crippen LogP contribution in [-0.2, 0) is 9.84 Å². The molecule has 2 heterocycles. The first kappa shape index (κ1) is 15.3. The van der Waals surface area contributed by atoms with Crippen LogP contribution in [0.5, 0.6) is 0 Å². The second-order valence-electron chi connectivity index (χ2n) is 6.23. The SMILES string of the molecule is CCC1CCCCCN1C1(CN)CCCS(=O)(=O)C1. The molecular weight excluding hydrogens is 260 g/mol. The first-order chi connectivity index (χ1) is 9.03. The summed E-state index contributed by atoms with van der Waals surface area (Å²) in [5, 5.41) is 0. The maximum atomic E-state index is 12.1. The first-order valence-corrected chi connectivity index (χ1v) is 9.52. The van der Waals surface area contributed by atoms with Gasteiger partial charge in [-0.15, -0.1) is 0 Å². The minimum Gasteiger partial charge on any atom is -0.329 e. The zero-order chi connectivity index (χ0) is 13.9. The molecule has 112 valence electrons. The van der Waals surface area contributed by atoms with E-state index in [9.17, 15) is 8.42 Å². The molecule has 0 aromatic rings. The predicted octanol–water partition coefficient (Wildman–Crippen LogP) is 1.55. The lowest BCUT2D eigenvalue weighted by Crippen LogP contribution is -2.62. The molecule has 4 nitrogen and oxygen atoms in total. The van der Waals surface area contributed by atoms with E-state index in [1.165, 1.54) is 25.7 Å². The van der Waals surface area contributed by atoms with Gasteiger partial charge in [0.05, 0.1) is 11.5 Å². The molecule has 0 aromatic heterocycles. The molecule has 2 saturated heterocycles. The molecule has 0 aliphatic carbocycles. The molecular formula is C14H28N2O2S. The predicted molar refractivity (Wildman–Crippen MR) is 78.9 cm³/mol. The van der Waals surface area contributed by atoms with Crippen LogP contribution in [0.25, 0.3) is 0 Å². The van der Waals surface area contributed by atoms with Crippen molar-refractivity contribution in [3.05, 3.63) is 0 Å².